The number of rotatable bonds is 9. The average molecular weight is 393 g/mol. The summed E-state index contributed by atoms with van der Waals surface area (Å²) in [6, 6.07) is 21.5. The van der Waals surface area contributed by atoms with Gasteiger partial charge in [0.25, 0.3) is 11.5 Å². The van der Waals surface area contributed by atoms with Crippen LogP contribution in [0, 0.1) is 0 Å². The lowest BCUT2D eigenvalue weighted by Crippen LogP contribution is -2.34. The second-order valence-corrected chi connectivity index (χ2v) is 6.33. The van der Waals surface area contributed by atoms with E-state index in [4.69, 9.17) is 9.47 Å². The number of carbonyl (C=O) groups excluding carboxylic acids is 1. The number of likely N-dealkylation sites (N-methyl/N-ethyl adjacent to an activating group) is 1. The highest BCUT2D eigenvalue weighted by Crippen LogP contribution is 2.09. The minimum Gasteiger partial charge on any atom is -0.492 e. The van der Waals surface area contributed by atoms with E-state index in [9.17, 15) is 9.59 Å². The quantitative estimate of drug-likeness (QED) is 0.558. The summed E-state index contributed by atoms with van der Waals surface area (Å²) in [7, 11) is 1.67. The number of aromatic nitrogens is 2. The van der Waals surface area contributed by atoms with Crippen molar-refractivity contribution in [2.45, 2.75) is 6.54 Å². The van der Waals surface area contributed by atoms with E-state index in [2.05, 4.69) is 5.10 Å². The average Bonchev–Trinajstić information content (AvgIpc) is 2.76. The lowest BCUT2D eigenvalue weighted by atomic mass is 10.3. The third kappa shape index (κ3) is 5.93. The van der Waals surface area contributed by atoms with Gasteiger partial charge in [-0.1, -0.05) is 36.4 Å². The Morgan fingerprint density at radius 1 is 0.897 bits per heavy atom. The van der Waals surface area contributed by atoms with Crippen molar-refractivity contribution in [2.75, 3.05) is 26.8 Å². The predicted molar refractivity (Wildman–Crippen MR) is 109 cm³/mol. The van der Waals surface area contributed by atoms with Crippen molar-refractivity contribution in [3.63, 3.8) is 0 Å². The van der Waals surface area contributed by atoms with E-state index in [0.29, 0.717) is 18.9 Å². The third-order valence-corrected chi connectivity index (χ3v) is 4.19. The Morgan fingerprint density at radius 3 is 2.10 bits per heavy atom. The summed E-state index contributed by atoms with van der Waals surface area (Å²) in [5.41, 5.74) is -0.0835. The molecular formula is C22H23N3O4. The van der Waals surface area contributed by atoms with Gasteiger partial charge in [-0.15, -0.1) is 0 Å². The summed E-state index contributed by atoms with van der Waals surface area (Å²) in [5.74, 6) is 1.18. The Kier molecular flexibility index (Phi) is 7.00. The highest BCUT2D eigenvalue weighted by Gasteiger charge is 2.15. The second kappa shape index (κ2) is 10.1. The SMILES string of the molecule is CN(CCOc1ccccc1)C(=O)c1ccc(=O)n(CCOc2ccccc2)n1. The Morgan fingerprint density at radius 2 is 1.48 bits per heavy atom. The van der Waals surface area contributed by atoms with Crippen molar-refractivity contribution in [3.8, 4) is 11.5 Å². The first-order chi connectivity index (χ1) is 14.1. The zero-order valence-corrected chi connectivity index (χ0v) is 16.2. The van der Waals surface area contributed by atoms with Crippen molar-refractivity contribution in [2.24, 2.45) is 0 Å². The number of amides is 1. The maximum Gasteiger partial charge on any atom is 0.274 e. The van der Waals surface area contributed by atoms with Crippen LogP contribution in [0.3, 0.4) is 0 Å². The zero-order chi connectivity index (χ0) is 20.5. The fourth-order valence-corrected chi connectivity index (χ4v) is 2.60. The predicted octanol–water partition coefficient (Wildman–Crippen LogP) is 2.47. The van der Waals surface area contributed by atoms with Crippen LogP contribution in [0.25, 0.3) is 0 Å². The molecule has 0 saturated heterocycles. The number of hydrogen-bond acceptors (Lipinski definition) is 5. The van der Waals surface area contributed by atoms with Gasteiger partial charge in [-0.25, -0.2) is 4.68 Å². The lowest BCUT2D eigenvalue weighted by molar-refractivity contribution is 0.0764. The van der Waals surface area contributed by atoms with Gasteiger partial charge in [0.2, 0.25) is 0 Å². The minimum absolute atomic E-state index is 0.200. The van der Waals surface area contributed by atoms with Crippen molar-refractivity contribution in [1.29, 1.82) is 0 Å². The van der Waals surface area contributed by atoms with E-state index in [1.165, 1.54) is 21.7 Å². The molecule has 0 N–H and O–H groups in total. The van der Waals surface area contributed by atoms with Crippen LogP contribution in [0.4, 0.5) is 0 Å². The van der Waals surface area contributed by atoms with Crippen LogP contribution in [-0.2, 0) is 6.54 Å². The Bertz CT molecular complexity index is 974. The smallest absolute Gasteiger partial charge is 0.274 e. The summed E-state index contributed by atoms with van der Waals surface area (Å²) in [5, 5.41) is 4.18. The topological polar surface area (TPSA) is 73.7 Å². The Hall–Kier alpha value is -3.61. The molecule has 3 rings (SSSR count). The first-order valence-electron chi connectivity index (χ1n) is 9.33. The molecule has 7 nitrogen and oxygen atoms in total. The molecule has 0 spiro atoms. The summed E-state index contributed by atoms with van der Waals surface area (Å²) in [4.78, 5) is 26.2. The molecule has 0 bridgehead atoms. The van der Waals surface area contributed by atoms with E-state index >= 15 is 0 Å². The first kappa shape index (κ1) is 20.1. The van der Waals surface area contributed by atoms with Gasteiger partial charge in [-0.3, -0.25) is 9.59 Å². The highest BCUT2D eigenvalue weighted by molar-refractivity contribution is 5.91. The molecule has 0 aliphatic heterocycles. The maximum atomic E-state index is 12.6. The van der Waals surface area contributed by atoms with E-state index < -0.39 is 0 Å². The largest absolute Gasteiger partial charge is 0.492 e. The van der Waals surface area contributed by atoms with Crippen LogP contribution in [0.5, 0.6) is 11.5 Å². The van der Waals surface area contributed by atoms with Gasteiger partial charge in [0.05, 0.1) is 13.1 Å². The maximum absolute atomic E-state index is 12.6. The van der Waals surface area contributed by atoms with Crippen molar-refractivity contribution < 1.29 is 14.3 Å². The van der Waals surface area contributed by atoms with Gasteiger partial charge >= 0.3 is 0 Å². The number of carbonyl (C=O) groups is 1. The lowest BCUT2D eigenvalue weighted by Gasteiger charge is -2.17. The van der Waals surface area contributed by atoms with Crippen molar-refractivity contribution >= 4 is 5.91 Å². The summed E-state index contributed by atoms with van der Waals surface area (Å²) >= 11 is 0. The molecule has 0 unspecified atom stereocenters. The van der Waals surface area contributed by atoms with Crippen LogP contribution in [0.2, 0.25) is 0 Å². The highest BCUT2D eigenvalue weighted by atomic mass is 16.5. The number of ether oxygens (including phenoxy) is 2. The first-order valence-corrected chi connectivity index (χ1v) is 9.33. The third-order valence-electron chi connectivity index (χ3n) is 4.19. The van der Waals surface area contributed by atoms with Gasteiger partial charge in [0.1, 0.15) is 30.4 Å². The molecule has 0 atom stereocenters. The number of hydrogen-bond donors (Lipinski definition) is 0. The van der Waals surface area contributed by atoms with Crippen LogP contribution >= 0.6 is 0 Å². The number of nitrogens with zero attached hydrogens (tertiary/aromatic N) is 3. The van der Waals surface area contributed by atoms with Gasteiger partial charge < -0.3 is 14.4 Å². The molecule has 1 amide bonds. The Labute approximate surface area is 169 Å². The number of benzene rings is 2. The van der Waals surface area contributed by atoms with Gasteiger partial charge in [0, 0.05) is 13.1 Å². The molecule has 3 aromatic rings. The van der Waals surface area contributed by atoms with Crippen LogP contribution in [0.1, 0.15) is 10.5 Å². The minimum atomic E-state index is -0.284. The normalized spacial score (nSPS) is 10.4. The molecule has 150 valence electrons. The number of para-hydroxylation sites is 2. The van der Waals surface area contributed by atoms with E-state index in [1.807, 2.05) is 60.7 Å². The van der Waals surface area contributed by atoms with E-state index in [-0.39, 0.29) is 30.3 Å². The van der Waals surface area contributed by atoms with E-state index in [1.54, 1.807) is 7.05 Å². The fourth-order valence-electron chi connectivity index (χ4n) is 2.60. The van der Waals surface area contributed by atoms with Gasteiger partial charge in [-0.2, -0.15) is 5.10 Å². The zero-order valence-electron chi connectivity index (χ0n) is 16.2. The van der Waals surface area contributed by atoms with Crippen molar-refractivity contribution in [1.82, 2.24) is 14.7 Å². The molecule has 1 aromatic heterocycles. The van der Waals surface area contributed by atoms with Crippen LogP contribution in [0.15, 0.2) is 77.6 Å². The van der Waals surface area contributed by atoms with E-state index in [0.717, 1.165) is 5.75 Å². The van der Waals surface area contributed by atoms with Crippen LogP contribution < -0.4 is 15.0 Å². The fraction of sp³-hybridized carbons (Fsp3) is 0.227. The molecule has 29 heavy (non-hydrogen) atoms. The van der Waals surface area contributed by atoms with Crippen LogP contribution in [-0.4, -0.2) is 47.4 Å². The molecule has 1 heterocycles. The molecule has 0 aliphatic rings. The van der Waals surface area contributed by atoms with Gasteiger partial charge in [-0.05, 0) is 30.3 Å². The summed E-state index contributed by atoms with van der Waals surface area (Å²) in [6.07, 6.45) is 0. The summed E-state index contributed by atoms with van der Waals surface area (Å²) < 4.78 is 12.5. The molecule has 2 aromatic carbocycles. The summed E-state index contributed by atoms with van der Waals surface area (Å²) in [6.45, 7) is 1.27. The van der Waals surface area contributed by atoms with Crippen molar-refractivity contribution in [3.05, 3.63) is 88.8 Å². The monoisotopic (exact) mass is 393 g/mol. The van der Waals surface area contributed by atoms with Gasteiger partial charge in [0.15, 0.2) is 0 Å². The standard InChI is InChI=1S/C22H23N3O4/c1-24(14-16-28-18-8-4-2-5-9-18)22(27)20-12-13-21(26)25(23-20)15-17-29-19-10-6-3-7-11-19/h2-13H,14-17H2,1H3. The molecule has 0 radical (unpaired) electrons. The molecule has 0 fully saturated rings. The molecule has 0 saturated carbocycles. The molecular weight excluding hydrogens is 370 g/mol. The molecule has 0 aliphatic carbocycles. The second-order valence-electron chi connectivity index (χ2n) is 6.33. The Balaban J connectivity index is 1.54. The molecule has 7 heteroatoms.